The molecule has 1 aromatic heterocycles. The number of halogens is 1. The SMILES string of the molecule is OCCNc1nc(N2CCN(Cc3ccccc3)CC2)nc2ccccc12.[Cl-]. The Kier molecular flexibility index (Phi) is 7.03. The van der Waals surface area contributed by atoms with Gasteiger partial charge in [-0.25, -0.2) is 4.98 Å². The number of piperazine rings is 1. The Morgan fingerprint density at radius 3 is 2.36 bits per heavy atom. The molecule has 1 aliphatic heterocycles. The molecule has 2 heterocycles. The van der Waals surface area contributed by atoms with Gasteiger partial charge in [0, 0.05) is 44.7 Å². The van der Waals surface area contributed by atoms with Crippen LogP contribution in [0.15, 0.2) is 54.6 Å². The lowest BCUT2D eigenvalue weighted by atomic mass is 10.2. The highest BCUT2D eigenvalue weighted by molar-refractivity contribution is 5.90. The normalized spacial score (nSPS) is 14.7. The van der Waals surface area contributed by atoms with Crippen molar-refractivity contribution in [2.24, 2.45) is 0 Å². The van der Waals surface area contributed by atoms with Crippen molar-refractivity contribution in [1.29, 1.82) is 0 Å². The molecule has 6 nitrogen and oxygen atoms in total. The van der Waals surface area contributed by atoms with Gasteiger partial charge < -0.3 is 27.7 Å². The Bertz CT molecular complexity index is 884. The van der Waals surface area contributed by atoms with Crippen LogP contribution in [0.4, 0.5) is 11.8 Å². The van der Waals surface area contributed by atoms with Crippen LogP contribution < -0.4 is 22.6 Å². The number of nitrogens with one attached hydrogen (secondary N) is 1. The molecule has 2 aromatic carbocycles. The summed E-state index contributed by atoms with van der Waals surface area (Å²) >= 11 is 0. The van der Waals surface area contributed by atoms with Crippen LogP contribution in [0.3, 0.4) is 0 Å². The van der Waals surface area contributed by atoms with Crippen molar-refractivity contribution in [3.8, 4) is 0 Å². The van der Waals surface area contributed by atoms with Gasteiger partial charge in [-0.2, -0.15) is 4.98 Å². The van der Waals surface area contributed by atoms with Crippen LogP contribution in [0.2, 0.25) is 0 Å². The Hall–Kier alpha value is -2.41. The summed E-state index contributed by atoms with van der Waals surface area (Å²) in [6.45, 7) is 5.33. The maximum Gasteiger partial charge on any atom is 0.227 e. The molecule has 0 bridgehead atoms. The van der Waals surface area contributed by atoms with E-state index in [1.807, 2.05) is 24.3 Å². The average Bonchev–Trinajstić information content (AvgIpc) is 2.73. The zero-order valence-corrected chi connectivity index (χ0v) is 16.5. The quantitative estimate of drug-likeness (QED) is 0.576. The van der Waals surface area contributed by atoms with E-state index in [9.17, 15) is 0 Å². The zero-order chi connectivity index (χ0) is 18.5. The van der Waals surface area contributed by atoms with Crippen molar-refractivity contribution in [3.63, 3.8) is 0 Å². The van der Waals surface area contributed by atoms with Crippen molar-refractivity contribution < 1.29 is 17.5 Å². The number of aromatic nitrogens is 2. The van der Waals surface area contributed by atoms with E-state index in [4.69, 9.17) is 15.1 Å². The van der Waals surface area contributed by atoms with Crippen LogP contribution in [-0.2, 0) is 6.54 Å². The molecule has 148 valence electrons. The molecule has 4 rings (SSSR count). The average molecular weight is 399 g/mol. The molecule has 1 fully saturated rings. The molecular formula is C21H25ClN5O-. The van der Waals surface area contributed by atoms with Crippen LogP contribution in [0.1, 0.15) is 5.56 Å². The van der Waals surface area contributed by atoms with E-state index in [0.29, 0.717) is 6.54 Å². The van der Waals surface area contributed by atoms with Crippen LogP contribution >= 0.6 is 0 Å². The Balaban J connectivity index is 0.00000225. The van der Waals surface area contributed by atoms with E-state index < -0.39 is 0 Å². The van der Waals surface area contributed by atoms with E-state index in [1.165, 1.54) is 5.56 Å². The summed E-state index contributed by atoms with van der Waals surface area (Å²) in [6, 6.07) is 18.6. The van der Waals surface area contributed by atoms with Gasteiger partial charge in [-0.1, -0.05) is 42.5 Å². The maximum atomic E-state index is 9.15. The second-order valence-electron chi connectivity index (χ2n) is 6.79. The van der Waals surface area contributed by atoms with Crippen LogP contribution in [0.5, 0.6) is 0 Å². The van der Waals surface area contributed by atoms with Crippen molar-refractivity contribution >= 4 is 22.7 Å². The number of fused-ring (bicyclic) bond motifs is 1. The molecule has 0 atom stereocenters. The molecule has 3 aromatic rings. The maximum absolute atomic E-state index is 9.15. The molecule has 28 heavy (non-hydrogen) atoms. The molecular weight excluding hydrogens is 374 g/mol. The first kappa shape index (κ1) is 20.3. The second-order valence-corrected chi connectivity index (χ2v) is 6.79. The molecule has 0 amide bonds. The fourth-order valence-corrected chi connectivity index (χ4v) is 3.46. The third-order valence-electron chi connectivity index (χ3n) is 4.90. The Morgan fingerprint density at radius 1 is 0.893 bits per heavy atom. The smallest absolute Gasteiger partial charge is 0.227 e. The minimum Gasteiger partial charge on any atom is -1.00 e. The first-order valence-corrected chi connectivity index (χ1v) is 9.46. The number of nitrogens with zero attached hydrogens (tertiary/aromatic N) is 4. The molecule has 0 saturated carbocycles. The number of aliphatic hydroxyl groups excluding tert-OH is 1. The molecule has 2 N–H and O–H groups in total. The summed E-state index contributed by atoms with van der Waals surface area (Å²) in [5.74, 6) is 1.55. The van der Waals surface area contributed by atoms with Crippen LogP contribution in [0, 0.1) is 0 Å². The highest BCUT2D eigenvalue weighted by atomic mass is 35.5. The molecule has 0 unspecified atom stereocenters. The molecule has 0 spiro atoms. The number of rotatable bonds is 6. The monoisotopic (exact) mass is 398 g/mol. The van der Waals surface area contributed by atoms with Crippen LogP contribution in [-0.4, -0.2) is 59.3 Å². The van der Waals surface area contributed by atoms with E-state index in [-0.39, 0.29) is 19.0 Å². The van der Waals surface area contributed by atoms with Gasteiger partial charge in [0.15, 0.2) is 0 Å². The van der Waals surface area contributed by atoms with Gasteiger partial charge in [0.1, 0.15) is 5.82 Å². The summed E-state index contributed by atoms with van der Waals surface area (Å²) in [7, 11) is 0. The molecule has 0 aliphatic carbocycles. The van der Waals surface area contributed by atoms with Gasteiger partial charge in [-0.3, -0.25) is 4.90 Å². The van der Waals surface area contributed by atoms with Gasteiger partial charge in [0.05, 0.1) is 12.1 Å². The second kappa shape index (κ2) is 9.68. The molecule has 7 heteroatoms. The molecule has 1 aliphatic rings. The van der Waals surface area contributed by atoms with Gasteiger partial charge in [-0.05, 0) is 17.7 Å². The fraction of sp³-hybridized carbons (Fsp3) is 0.333. The first-order chi connectivity index (χ1) is 13.3. The third-order valence-corrected chi connectivity index (χ3v) is 4.90. The highest BCUT2D eigenvalue weighted by Gasteiger charge is 2.20. The topological polar surface area (TPSA) is 64.5 Å². The lowest BCUT2D eigenvalue weighted by Crippen LogP contribution is -3.00. The number of benzene rings is 2. The summed E-state index contributed by atoms with van der Waals surface area (Å²) < 4.78 is 0. The van der Waals surface area contributed by atoms with Crippen molar-refractivity contribution in [2.75, 3.05) is 49.5 Å². The van der Waals surface area contributed by atoms with Crippen molar-refractivity contribution in [3.05, 3.63) is 60.2 Å². The third kappa shape index (κ3) is 4.70. The van der Waals surface area contributed by atoms with E-state index in [1.54, 1.807) is 0 Å². The predicted octanol–water partition coefficient (Wildman–Crippen LogP) is -0.640. The number of para-hydroxylation sites is 1. The predicted molar refractivity (Wildman–Crippen MR) is 109 cm³/mol. The van der Waals surface area contributed by atoms with Gasteiger partial charge in [0.25, 0.3) is 0 Å². The number of anilines is 2. The number of hydrogen-bond donors (Lipinski definition) is 2. The standard InChI is InChI=1S/C21H25N5O.ClH/c27-15-10-22-20-18-8-4-5-9-19(18)23-21(24-20)26-13-11-25(12-14-26)16-17-6-2-1-3-7-17;/h1-9,27H,10-16H2,(H,22,23,24);1H/p-1. The fourth-order valence-electron chi connectivity index (χ4n) is 3.46. The summed E-state index contributed by atoms with van der Waals surface area (Å²) in [4.78, 5) is 14.2. The van der Waals surface area contributed by atoms with Crippen molar-refractivity contribution in [2.45, 2.75) is 6.54 Å². The van der Waals surface area contributed by atoms with E-state index in [0.717, 1.165) is 55.4 Å². The van der Waals surface area contributed by atoms with E-state index >= 15 is 0 Å². The van der Waals surface area contributed by atoms with Gasteiger partial charge in [-0.15, -0.1) is 0 Å². The summed E-state index contributed by atoms with van der Waals surface area (Å²) in [6.07, 6.45) is 0. The summed E-state index contributed by atoms with van der Waals surface area (Å²) in [5, 5.41) is 13.3. The lowest BCUT2D eigenvalue weighted by molar-refractivity contribution is -0.00000658. The van der Waals surface area contributed by atoms with Crippen LogP contribution in [0.25, 0.3) is 10.9 Å². The van der Waals surface area contributed by atoms with Gasteiger partial charge in [0.2, 0.25) is 5.95 Å². The first-order valence-electron chi connectivity index (χ1n) is 9.46. The summed E-state index contributed by atoms with van der Waals surface area (Å²) in [5.41, 5.74) is 2.28. The van der Waals surface area contributed by atoms with E-state index in [2.05, 4.69) is 45.4 Å². The minimum atomic E-state index is 0. The lowest BCUT2D eigenvalue weighted by Gasteiger charge is -2.35. The number of aliphatic hydroxyl groups is 1. The highest BCUT2D eigenvalue weighted by Crippen LogP contribution is 2.24. The van der Waals surface area contributed by atoms with Crippen molar-refractivity contribution in [1.82, 2.24) is 14.9 Å². The van der Waals surface area contributed by atoms with Gasteiger partial charge >= 0.3 is 0 Å². The zero-order valence-electron chi connectivity index (χ0n) is 15.8. The molecule has 0 radical (unpaired) electrons. The molecule has 1 saturated heterocycles. The minimum absolute atomic E-state index is 0. The Labute approximate surface area is 171 Å². The Morgan fingerprint density at radius 2 is 1.61 bits per heavy atom. The number of hydrogen-bond acceptors (Lipinski definition) is 6. The largest absolute Gasteiger partial charge is 1.00 e.